The van der Waals surface area contributed by atoms with Crippen LogP contribution in [0.5, 0.6) is 0 Å². The van der Waals surface area contributed by atoms with E-state index in [1.165, 1.54) is 29.6 Å². The quantitative estimate of drug-likeness (QED) is 0.129. The number of hydrogen-bond donors (Lipinski definition) is 3. The fourth-order valence-electron chi connectivity index (χ4n) is 3.96. The summed E-state index contributed by atoms with van der Waals surface area (Å²) in [5, 5.41) is 1.75. The maximum absolute atomic E-state index is 14.8. The van der Waals surface area contributed by atoms with E-state index in [9.17, 15) is 31.9 Å². The first-order valence-corrected chi connectivity index (χ1v) is 13.9. The summed E-state index contributed by atoms with van der Waals surface area (Å²) in [6.45, 7) is 0. The second-order valence-electron chi connectivity index (χ2n) is 8.80. The second kappa shape index (κ2) is 12.1. The normalized spacial score (nSPS) is 17.4. The molecule has 17 heteroatoms. The zero-order valence-electron chi connectivity index (χ0n) is 20.1. The molecular formula is C25H12Cl7F4N3O3. The standard InChI is InChI=1S/C25H12Cl7F4N3O3/c26-11-2-1-9(37-22(41)17-16(24(17,30)31)8-5-12(27)18(29)13(28)6-8)7-10(11)21(40)38-15-4-3-14(33)20(19(15)34)39-23(42)25(32,35)36/h1-7,16-17H,(H,37,41)(H,38,40)(H,39,42)/t16-,17+/m0/s1. The Bertz CT molecular complexity index is 1610. The van der Waals surface area contributed by atoms with Crippen LogP contribution in [0.1, 0.15) is 21.8 Å². The smallest absolute Gasteiger partial charge is 0.326 e. The molecular weight excluding hydrogens is 714 g/mol. The van der Waals surface area contributed by atoms with Crippen LogP contribution in [0.15, 0.2) is 42.5 Å². The molecule has 42 heavy (non-hydrogen) atoms. The van der Waals surface area contributed by atoms with Gasteiger partial charge in [0.05, 0.1) is 37.3 Å². The van der Waals surface area contributed by atoms with Crippen LogP contribution < -0.4 is 16.0 Å². The molecule has 1 aliphatic carbocycles. The molecule has 1 aliphatic rings. The van der Waals surface area contributed by atoms with Crippen molar-refractivity contribution in [3.05, 3.63) is 85.3 Å². The summed E-state index contributed by atoms with van der Waals surface area (Å²) in [5.74, 6) is -8.56. The van der Waals surface area contributed by atoms with E-state index in [4.69, 9.17) is 69.6 Å². The largest absolute Gasteiger partial charge is 0.400 e. The number of nitrogens with one attached hydrogen (secondary N) is 3. The highest BCUT2D eigenvalue weighted by atomic mass is 35.5. The van der Waals surface area contributed by atoms with Crippen molar-refractivity contribution in [1.82, 2.24) is 0 Å². The summed E-state index contributed by atoms with van der Waals surface area (Å²) >= 11 is 41.6. The van der Waals surface area contributed by atoms with Crippen LogP contribution >= 0.6 is 81.2 Å². The summed E-state index contributed by atoms with van der Waals surface area (Å²) < 4.78 is 53.3. The van der Waals surface area contributed by atoms with Gasteiger partial charge in [-0.25, -0.2) is 8.78 Å². The first-order valence-electron chi connectivity index (χ1n) is 11.2. The van der Waals surface area contributed by atoms with E-state index in [1.54, 1.807) is 0 Å². The van der Waals surface area contributed by atoms with Gasteiger partial charge in [0, 0.05) is 11.6 Å². The molecule has 1 fully saturated rings. The van der Waals surface area contributed by atoms with E-state index in [2.05, 4.69) is 22.2 Å². The van der Waals surface area contributed by atoms with E-state index in [-0.39, 0.29) is 31.3 Å². The number of benzene rings is 3. The first-order chi connectivity index (χ1) is 19.4. The molecule has 2 atom stereocenters. The third kappa shape index (κ3) is 6.65. The highest BCUT2D eigenvalue weighted by Crippen LogP contribution is 2.65. The molecule has 3 N–H and O–H groups in total. The Kier molecular flexibility index (Phi) is 9.41. The third-order valence-corrected chi connectivity index (χ3v) is 8.65. The molecule has 3 amide bonds. The summed E-state index contributed by atoms with van der Waals surface area (Å²) in [6, 6.07) is 8.09. The Balaban J connectivity index is 1.53. The molecule has 3 aromatic rings. The molecule has 0 aromatic heterocycles. The van der Waals surface area contributed by atoms with Crippen LogP contribution in [-0.2, 0) is 9.59 Å². The van der Waals surface area contributed by atoms with Crippen molar-refractivity contribution in [2.75, 3.05) is 16.0 Å². The van der Waals surface area contributed by atoms with Crippen molar-refractivity contribution >= 4 is 116 Å². The molecule has 1 saturated carbocycles. The van der Waals surface area contributed by atoms with Crippen LogP contribution in [-0.4, -0.2) is 27.4 Å². The van der Waals surface area contributed by atoms with E-state index < -0.39 is 62.3 Å². The third-order valence-electron chi connectivity index (χ3n) is 6.02. The molecule has 0 bridgehead atoms. The number of amides is 3. The summed E-state index contributed by atoms with van der Waals surface area (Å²) in [4.78, 5) is 37.4. The minimum Gasteiger partial charge on any atom is -0.326 e. The van der Waals surface area contributed by atoms with Gasteiger partial charge in [0.25, 0.3) is 5.91 Å². The fraction of sp³-hybridized carbons (Fsp3) is 0.160. The summed E-state index contributed by atoms with van der Waals surface area (Å²) in [6.07, 6.45) is 0. The number of anilines is 3. The Morgan fingerprint density at radius 3 is 2.05 bits per heavy atom. The molecule has 0 radical (unpaired) electrons. The van der Waals surface area contributed by atoms with Gasteiger partial charge in [-0.2, -0.15) is 8.78 Å². The Labute approximate surface area is 269 Å². The SMILES string of the molecule is O=C(Nc1ccc(F)c(NC(=O)C(F)(F)Cl)c1F)c1cc(NC(=O)[C@H]2[C@H](c3cc(Cl)c(Cl)c(Cl)c3)C2(Cl)Cl)ccc1Cl. The van der Waals surface area contributed by atoms with Gasteiger partial charge in [0.2, 0.25) is 5.91 Å². The predicted molar refractivity (Wildman–Crippen MR) is 156 cm³/mol. The molecule has 6 nitrogen and oxygen atoms in total. The summed E-state index contributed by atoms with van der Waals surface area (Å²) in [5.41, 5.74) is -1.73. The molecule has 0 unspecified atom stereocenters. The minimum absolute atomic E-state index is 0.0633. The predicted octanol–water partition coefficient (Wildman–Crippen LogP) is 9.13. The lowest BCUT2D eigenvalue weighted by molar-refractivity contribution is -0.130. The molecule has 0 heterocycles. The minimum atomic E-state index is -4.46. The van der Waals surface area contributed by atoms with E-state index in [0.29, 0.717) is 11.6 Å². The van der Waals surface area contributed by atoms with Crippen molar-refractivity contribution in [2.45, 2.75) is 15.6 Å². The zero-order valence-corrected chi connectivity index (χ0v) is 25.4. The van der Waals surface area contributed by atoms with Crippen LogP contribution in [0.3, 0.4) is 0 Å². The number of carbonyl (C=O) groups is 3. The Morgan fingerprint density at radius 2 is 1.45 bits per heavy atom. The Morgan fingerprint density at radius 1 is 0.833 bits per heavy atom. The average molecular weight is 727 g/mol. The maximum atomic E-state index is 14.8. The van der Waals surface area contributed by atoms with E-state index in [0.717, 1.165) is 12.1 Å². The van der Waals surface area contributed by atoms with Crippen molar-refractivity contribution < 1.29 is 31.9 Å². The summed E-state index contributed by atoms with van der Waals surface area (Å²) in [7, 11) is 0. The molecule has 3 aromatic carbocycles. The second-order valence-corrected chi connectivity index (χ2v) is 12.3. The fourth-order valence-corrected chi connectivity index (χ4v) is 5.65. The lowest BCUT2D eigenvalue weighted by atomic mass is 10.1. The first kappa shape index (κ1) is 32.7. The monoisotopic (exact) mass is 723 g/mol. The Hall–Kier alpha value is -2.18. The van der Waals surface area contributed by atoms with Crippen LogP contribution in [0.25, 0.3) is 0 Å². The van der Waals surface area contributed by atoms with E-state index in [1.807, 2.05) is 0 Å². The van der Waals surface area contributed by atoms with Gasteiger partial charge in [-0.3, -0.25) is 14.4 Å². The van der Waals surface area contributed by atoms with Gasteiger partial charge < -0.3 is 16.0 Å². The van der Waals surface area contributed by atoms with Gasteiger partial charge >= 0.3 is 11.3 Å². The lowest BCUT2D eigenvalue weighted by Gasteiger charge is -2.14. The number of rotatable bonds is 7. The van der Waals surface area contributed by atoms with Gasteiger partial charge in [-0.15, -0.1) is 23.2 Å². The number of halogens is 11. The van der Waals surface area contributed by atoms with Gasteiger partial charge in [0.1, 0.15) is 15.8 Å². The maximum Gasteiger partial charge on any atom is 0.400 e. The van der Waals surface area contributed by atoms with Crippen LogP contribution in [0.2, 0.25) is 20.1 Å². The zero-order chi connectivity index (χ0) is 31.3. The van der Waals surface area contributed by atoms with Crippen LogP contribution in [0.4, 0.5) is 34.6 Å². The average Bonchev–Trinajstić information content (AvgIpc) is 3.48. The van der Waals surface area contributed by atoms with Crippen molar-refractivity contribution in [3.63, 3.8) is 0 Å². The molecule has 0 aliphatic heterocycles. The number of hydrogen-bond acceptors (Lipinski definition) is 3. The van der Waals surface area contributed by atoms with E-state index >= 15 is 0 Å². The van der Waals surface area contributed by atoms with Crippen LogP contribution in [0, 0.1) is 17.6 Å². The van der Waals surface area contributed by atoms with Crippen molar-refractivity contribution in [1.29, 1.82) is 0 Å². The molecule has 222 valence electrons. The van der Waals surface area contributed by atoms with Crippen molar-refractivity contribution in [2.24, 2.45) is 5.92 Å². The number of carbonyl (C=O) groups excluding carboxylic acids is 3. The highest BCUT2D eigenvalue weighted by Gasteiger charge is 2.67. The molecule has 4 rings (SSSR count). The molecule has 0 saturated heterocycles. The lowest BCUT2D eigenvalue weighted by Crippen LogP contribution is -2.30. The number of alkyl halides is 5. The van der Waals surface area contributed by atoms with Gasteiger partial charge in [0.15, 0.2) is 5.82 Å². The van der Waals surface area contributed by atoms with Gasteiger partial charge in [-0.05, 0) is 59.6 Å². The van der Waals surface area contributed by atoms with Crippen molar-refractivity contribution in [3.8, 4) is 0 Å². The topological polar surface area (TPSA) is 87.3 Å². The molecule has 0 spiro atoms. The highest BCUT2D eigenvalue weighted by molar-refractivity contribution is 6.54. The van der Waals surface area contributed by atoms with Gasteiger partial charge in [-0.1, -0.05) is 46.4 Å².